The van der Waals surface area contributed by atoms with Crippen molar-refractivity contribution in [2.75, 3.05) is 10.0 Å². The van der Waals surface area contributed by atoms with E-state index in [4.69, 9.17) is 11.6 Å². The number of nitrogens with one attached hydrogen (secondary N) is 2. The van der Waals surface area contributed by atoms with E-state index in [1.807, 2.05) is 6.07 Å². The summed E-state index contributed by atoms with van der Waals surface area (Å²) in [6, 6.07) is 14.4. The van der Waals surface area contributed by atoms with Crippen molar-refractivity contribution in [1.82, 2.24) is 9.97 Å². The molecule has 3 rings (SSSR count). The number of nitrogens with zero attached hydrogens (tertiary/aromatic N) is 2. The molecule has 9 heteroatoms. The Morgan fingerprint density at radius 3 is 2.39 bits per heavy atom. The van der Waals surface area contributed by atoms with E-state index < -0.39 is 10.0 Å². The smallest absolute Gasteiger partial charge is 0.264 e. The largest absolute Gasteiger partial charge is 0.323 e. The molecule has 0 saturated carbocycles. The average Bonchev–Trinajstić information content (AvgIpc) is 2.67. The molecule has 0 aliphatic carbocycles. The molecule has 0 unspecified atom stereocenters. The van der Waals surface area contributed by atoms with Crippen LogP contribution in [-0.2, 0) is 14.8 Å². The minimum atomic E-state index is -3.82. The SMILES string of the molecule is O=C(C=Cc1cccc(Cl)c1)Nc1ccc(S(=O)(=O)Nc2ncccn2)cc1. The van der Waals surface area contributed by atoms with Crippen LogP contribution in [0.15, 0.2) is 78.0 Å². The summed E-state index contributed by atoms with van der Waals surface area (Å²) in [6.07, 6.45) is 5.86. The molecule has 0 aliphatic rings. The van der Waals surface area contributed by atoms with Crippen LogP contribution in [0.25, 0.3) is 6.08 Å². The second kappa shape index (κ2) is 8.64. The highest BCUT2D eigenvalue weighted by Gasteiger charge is 2.15. The molecule has 0 fully saturated rings. The Labute approximate surface area is 167 Å². The number of anilines is 2. The van der Waals surface area contributed by atoms with E-state index >= 15 is 0 Å². The molecule has 0 atom stereocenters. The van der Waals surface area contributed by atoms with Crippen LogP contribution in [-0.4, -0.2) is 24.3 Å². The Morgan fingerprint density at radius 2 is 1.71 bits per heavy atom. The molecular weight excluding hydrogens is 400 g/mol. The van der Waals surface area contributed by atoms with Crippen molar-refractivity contribution < 1.29 is 13.2 Å². The van der Waals surface area contributed by atoms with E-state index in [9.17, 15) is 13.2 Å². The molecule has 0 saturated heterocycles. The van der Waals surface area contributed by atoms with Crippen LogP contribution in [0, 0.1) is 0 Å². The molecule has 3 aromatic rings. The molecule has 1 amide bonds. The molecule has 0 aliphatic heterocycles. The minimum Gasteiger partial charge on any atom is -0.323 e. The summed E-state index contributed by atoms with van der Waals surface area (Å²) in [5.41, 5.74) is 1.24. The van der Waals surface area contributed by atoms with Gasteiger partial charge in [0.2, 0.25) is 11.9 Å². The van der Waals surface area contributed by atoms with Crippen LogP contribution in [0.3, 0.4) is 0 Å². The van der Waals surface area contributed by atoms with Crippen molar-refractivity contribution in [3.8, 4) is 0 Å². The molecule has 2 N–H and O–H groups in total. The van der Waals surface area contributed by atoms with E-state index in [2.05, 4.69) is 20.0 Å². The molecule has 28 heavy (non-hydrogen) atoms. The molecule has 1 heterocycles. The lowest BCUT2D eigenvalue weighted by atomic mass is 10.2. The number of hydrogen-bond donors (Lipinski definition) is 2. The summed E-state index contributed by atoms with van der Waals surface area (Å²) in [6.45, 7) is 0. The number of amides is 1. The second-order valence-corrected chi connectivity index (χ2v) is 7.70. The summed E-state index contributed by atoms with van der Waals surface area (Å²) >= 11 is 5.90. The molecule has 7 nitrogen and oxygen atoms in total. The number of aromatic nitrogens is 2. The summed E-state index contributed by atoms with van der Waals surface area (Å²) in [5, 5.41) is 3.23. The van der Waals surface area contributed by atoms with Gasteiger partial charge in [-0.1, -0.05) is 23.7 Å². The Morgan fingerprint density at radius 1 is 1.00 bits per heavy atom. The first-order valence-corrected chi connectivity index (χ1v) is 9.93. The first-order chi connectivity index (χ1) is 13.4. The highest BCUT2D eigenvalue weighted by Crippen LogP contribution is 2.17. The summed E-state index contributed by atoms with van der Waals surface area (Å²) in [7, 11) is -3.82. The lowest BCUT2D eigenvalue weighted by Gasteiger charge is -2.07. The number of rotatable bonds is 6. The predicted molar refractivity (Wildman–Crippen MR) is 108 cm³/mol. The molecule has 0 radical (unpaired) electrons. The fourth-order valence-electron chi connectivity index (χ4n) is 2.21. The van der Waals surface area contributed by atoms with Crippen molar-refractivity contribution >= 4 is 45.2 Å². The number of hydrogen-bond acceptors (Lipinski definition) is 5. The molecule has 142 valence electrons. The van der Waals surface area contributed by atoms with Crippen molar-refractivity contribution in [3.05, 3.63) is 83.7 Å². The first kappa shape index (κ1) is 19.5. The quantitative estimate of drug-likeness (QED) is 0.600. The van der Waals surface area contributed by atoms with Crippen LogP contribution >= 0.6 is 11.6 Å². The van der Waals surface area contributed by atoms with Gasteiger partial charge in [-0.15, -0.1) is 0 Å². The maximum atomic E-state index is 12.3. The molecular formula is C19H15ClN4O3S. The zero-order chi connectivity index (χ0) is 20.0. The Bertz CT molecular complexity index is 1100. The number of carbonyl (C=O) groups is 1. The third-order valence-corrected chi connectivity index (χ3v) is 5.08. The maximum absolute atomic E-state index is 12.3. The van der Waals surface area contributed by atoms with Gasteiger partial charge < -0.3 is 5.32 Å². The van der Waals surface area contributed by atoms with Gasteiger partial charge in [0.15, 0.2) is 0 Å². The van der Waals surface area contributed by atoms with E-state index in [1.54, 1.807) is 30.3 Å². The van der Waals surface area contributed by atoms with E-state index in [0.29, 0.717) is 10.7 Å². The van der Waals surface area contributed by atoms with Crippen molar-refractivity contribution in [1.29, 1.82) is 0 Å². The van der Waals surface area contributed by atoms with Crippen LogP contribution in [0.4, 0.5) is 11.6 Å². The normalized spacial score (nSPS) is 11.3. The molecule has 0 spiro atoms. The van der Waals surface area contributed by atoms with Gasteiger partial charge >= 0.3 is 0 Å². The lowest BCUT2D eigenvalue weighted by Crippen LogP contribution is -2.15. The van der Waals surface area contributed by atoms with E-state index in [-0.39, 0.29) is 16.8 Å². The van der Waals surface area contributed by atoms with Crippen molar-refractivity contribution in [2.24, 2.45) is 0 Å². The topological polar surface area (TPSA) is 101 Å². The third kappa shape index (κ3) is 5.38. The minimum absolute atomic E-state index is 0.0208. The van der Waals surface area contributed by atoms with Gasteiger partial charge in [-0.25, -0.2) is 23.1 Å². The molecule has 1 aromatic heterocycles. The molecule has 0 bridgehead atoms. The standard InChI is InChI=1S/C19H15ClN4O3S/c20-15-4-1-3-14(13-15)5-10-18(25)23-16-6-8-17(9-7-16)28(26,27)24-19-21-11-2-12-22-19/h1-13H,(H,23,25)(H,21,22,24). The van der Waals surface area contributed by atoms with Crippen LogP contribution in [0.2, 0.25) is 5.02 Å². The lowest BCUT2D eigenvalue weighted by molar-refractivity contribution is -0.111. The third-order valence-electron chi connectivity index (χ3n) is 3.50. The van der Waals surface area contributed by atoms with Crippen LogP contribution < -0.4 is 10.0 Å². The summed E-state index contributed by atoms with van der Waals surface area (Å²) in [4.78, 5) is 19.7. The summed E-state index contributed by atoms with van der Waals surface area (Å²) < 4.78 is 26.9. The van der Waals surface area contributed by atoms with E-state index in [0.717, 1.165) is 5.56 Å². The number of carbonyl (C=O) groups excluding carboxylic acids is 1. The zero-order valence-corrected chi connectivity index (χ0v) is 16.0. The number of sulfonamides is 1. The highest BCUT2D eigenvalue weighted by atomic mass is 35.5. The first-order valence-electron chi connectivity index (χ1n) is 8.07. The number of benzene rings is 2. The number of halogens is 1. The Hall–Kier alpha value is -3.23. The second-order valence-electron chi connectivity index (χ2n) is 5.58. The van der Waals surface area contributed by atoms with Gasteiger partial charge in [0.25, 0.3) is 10.0 Å². The highest BCUT2D eigenvalue weighted by molar-refractivity contribution is 7.92. The van der Waals surface area contributed by atoms with Crippen LogP contribution in [0.1, 0.15) is 5.56 Å². The van der Waals surface area contributed by atoms with Gasteiger partial charge in [-0.3, -0.25) is 4.79 Å². The zero-order valence-electron chi connectivity index (χ0n) is 14.4. The Balaban J connectivity index is 1.64. The fraction of sp³-hybridized carbons (Fsp3) is 0. The fourth-order valence-corrected chi connectivity index (χ4v) is 3.37. The van der Waals surface area contributed by atoms with E-state index in [1.165, 1.54) is 42.7 Å². The van der Waals surface area contributed by atoms with Gasteiger partial charge in [-0.2, -0.15) is 0 Å². The van der Waals surface area contributed by atoms with Gasteiger partial charge in [0, 0.05) is 29.2 Å². The monoisotopic (exact) mass is 414 g/mol. The van der Waals surface area contributed by atoms with Crippen molar-refractivity contribution in [2.45, 2.75) is 4.90 Å². The van der Waals surface area contributed by atoms with Gasteiger partial charge in [0.05, 0.1) is 4.90 Å². The molecule has 2 aromatic carbocycles. The average molecular weight is 415 g/mol. The van der Waals surface area contributed by atoms with Gasteiger partial charge in [-0.05, 0) is 54.1 Å². The summed E-state index contributed by atoms with van der Waals surface area (Å²) in [5.74, 6) is -0.377. The van der Waals surface area contributed by atoms with Crippen LogP contribution in [0.5, 0.6) is 0 Å². The maximum Gasteiger partial charge on any atom is 0.264 e. The van der Waals surface area contributed by atoms with Crippen molar-refractivity contribution in [3.63, 3.8) is 0 Å². The Kier molecular flexibility index (Phi) is 6.03. The van der Waals surface area contributed by atoms with Gasteiger partial charge in [0.1, 0.15) is 0 Å². The predicted octanol–water partition coefficient (Wildman–Crippen LogP) is 3.58.